The number of alkyl halides is 6. The van der Waals surface area contributed by atoms with Crippen molar-refractivity contribution in [1.29, 1.82) is 0 Å². The molecule has 1 heterocycles. The van der Waals surface area contributed by atoms with Gasteiger partial charge in [0.15, 0.2) is 0 Å². The van der Waals surface area contributed by atoms with E-state index >= 15 is 0 Å². The summed E-state index contributed by atoms with van der Waals surface area (Å²) in [5, 5.41) is 3.02. The van der Waals surface area contributed by atoms with Crippen LogP contribution in [0.2, 0.25) is 0 Å². The molecule has 0 saturated heterocycles. The summed E-state index contributed by atoms with van der Waals surface area (Å²) in [6, 6.07) is 25.0. The first kappa shape index (κ1) is 27.2. The number of rotatable bonds is 6. The lowest BCUT2D eigenvalue weighted by Crippen LogP contribution is -2.27. The molecule has 0 bridgehead atoms. The lowest BCUT2D eigenvalue weighted by Gasteiger charge is -2.33. The van der Waals surface area contributed by atoms with Crippen LogP contribution < -0.4 is 5.32 Å². The van der Waals surface area contributed by atoms with Gasteiger partial charge in [0.2, 0.25) is 0 Å². The quantitative estimate of drug-likeness (QED) is 0.242. The maximum absolute atomic E-state index is 13.6. The molecule has 2 nitrogen and oxygen atoms in total. The van der Waals surface area contributed by atoms with E-state index in [1.807, 2.05) is 91.0 Å². The molecule has 5 rings (SSSR count). The largest absolute Gasteiger partial charge is 0.416 e. The molecule has 3 unspecified atom stereocenters. The first-order valence-corrected chi connectivity index (χ1v) is 12.6. The van der Waals surface area contributed by atoms with Crippen molar-refractivity contribution >= 4 is 5.69 Å². The second kappa shape index (κ2) is 11.0. The highest BCUT2D eigenvalue weighted by atomic mass is 19.4. The Morgan fingerprint density at radius 2 is 1.25 bits per heavy atom. The number of nitrogens with zero attached hydrogens (tertiary/aromatic N) is 1. The maximum atomic E-state index is 13.6. The molecular formula is C32H24F6N2. The summed E-state index contributed by atoms with van der Waals surface area (Å²) in [6.45, 7) is 0. The van der Waals surface area contributed by atoms with Crippen molar-refractivity contribution in [2.75, 3.05) is 5.32 Å². The number of benzene rings is 3. The number of anilines is 1. The number of allylic oxidation sites excluding steroid dienone is 3. The molecule has 40 heavy (non-hydrogen) atoms. The van der Waals surface area contributed by atoms with E-state index in [0.717, 1.165) is 11.1 Å². The molecule has 4 aromatic rings. The first-order chi connectivity index (χ1) is 19.1. The fourth-order valence-electron chi connectivity index (χ4n) is 4.93. The van der Waals surface area contributed by atoms with Crippen LogP contribution in [0.1, 0.15) is 34.3 Å². The number of hydrogen-bond donors (Lipinski definition) is 1. The summed E-state index contributed by atoms with van der Waals surface area (Å²) in [5.74, 6) is -0.589. The summed E-state index contributed by atoms with van der Waals surface area (Å²) < 4.78 is 81.9. The van der Waals surface area contributed by atoms with E-state index in [4.69, 9.17) is 4.98 Å². The normalized spacial score (nSPS) is 17.9. The third-order valence-electron chi connectivity index (χ3n) is 6.82. The second-order valence-electron chi connectivity index (χ2n) is 9.51. The van der Waals surface area contributed by atoms with Gasteiger partial charge in [0.25, 0.3) is 0 Å². The Bertz CT molecular complexity index is 1480. The number of halogens is 6. The Morgan fingerprint density at radius 3 is 1.88 bits per heavy atom. The van der Waals surface area contributed by atoms with E-state index in [1.165, 1.54) is 0 Å². The van der Waals surface area contributed by atoms with Crippen LogP contribution >= 0.6 is 0 Å². The second-order valence-corrected chi connectivity index (χ2v) is 9.51. The van der Waals surface area contributed by atoms with Crippen LogP contribution in [0.15, 0.2) is 121 Å². The van der Waals surface area contributed by atoms with Gasteiger partial charge in [0.1, 0.15) is 0 Å². The monoisotopic (exact) mass is 550 g/mol. The van der Waals surface area contributed by atoms with Gasteiger partial charge in [-0.25, -0.2) is 0 Å². The van der Waals surface area contributed by atoms with E-state index in [-0.39, 0.29) is 23.6 Å². The molecule has 0 spiro atoms. The molecule has 8 heteroatoms. The molecule has 0 amide bonds. The molecule has 0 fully saturated rings. The van der Waals surface area contributed by atoms with Gasteiger partial charge in [-0.2, -0.15) is 26.3 Å². The van der Waals surface area contributed by atoms with Crippen LogP contribution in [-0.2, 0) is 12.4 Å². The first-order valence-electron chi connectivity index (χ1n) is 12.6. The van der Waals surface area contributed by atoms with Gasteiger partial charge in [0.05, 0.1) is 28.6 Å². The Morgan fingerprint density at radius 1 is 0.650 bits per heavy atom. The summed E-state index contributed by atoms with van der Waals surface area (Å²) >= 11 is 0. The highest BCUT2D eigenvalue weighted by Gasteiger charge is 2.38. The average molecular weight is 551 g/mol. The van der Waals surface area contributed by atoms with Crippen LogP contribution in [0.3, 0.4) is 0 Å². The molecule has 3 aromatic carbocycles. The van der Waals surface area contributed by atoms with Gasteiger partial charge >= 0.3 is 12.4 Å². The molecule has 1 N–H and O–H groups in total. The lowest BCUT2D eigenvalue weighted by molar-refractivity contribution is -0.143. The van der Waals surface area contributed by atoms with Crippen LogP contribution in [-0.4, -0.2) is 4.98 Å². The van der Waals surface area contributed by atoms with E-state index in [1.54, 1.807) is 12.1 Å². The average Bonchev–Trinajstić information content (AvgIpc) is 2.96. The Balaban J connectivity index is 1.64. The molecule has 1 aromatic heterocycles. The van der Waals surface area contributed by atoms with Crippen molar-refractivity contribution in [3.8, 4) is 11.3 Å². The van der Waals surface area contributed by atoms with Crippen molar-refractivity contribution in [1.82, 2.24) is 4.98 Å². The minimum atomic E-state index is -4.96. The Kier molecular flexibility index (Phi) is 7.52. The third-order valence-corrected chi connectivity index (χ3v) is 6.82. The standard InChI is InChI=1S/C32H24F6N2/c33-31(34,35)23-18-24(32(36,37)38)20-25(19-23)39-30(27-15-8-7-14-26(27)21-10-3-1-4-11-21)29-17-9-16-28(40-29)22-12-5-2-6-13-22/h1-20,26-27,30,39H. The highest BCUT2D eigenvalue weighted by molar-refractivity contribution is 5.59. The zero-order valence-electron chi connectivity index (χ0n) is 21.0. The molecular weight excluding hydrogens is 526 g/mol. The lowest BCUT2D eigenvalue weighted by atomic mass is 9.77. The van der Waals surface area contributed by atoms with Crippen molar-refractivity contribution in [2.45, 2.75) is 24.3 Å². The van der Waals surface area contributed by atoms with Crippen LogP contribution in [0.4, 0.5) is 32.0 Å². The highest BCUT2D eigenvalue weighted by Crippen LogP contribution is 2.42. The van der Waals surface area contributed by atoms with Crippen molar-refractivity contribution in [3.05, 3.63) is 144 Å². The van der Waals surface area contributed by atoms with Gasteiger partial charge in [-0.3, -0.25) is 4.98 Å². The fraction of sp³-hybridized carbons (Fsp3) is 0.156. The van der Waals surface area contributed by atoms with Crippen molar-refractivity contribution in [3.63, 3.8) is 0 Å². The van der Waals surface area contributed by atoms with Gasteiger partial charge in [-0.1, -0.05) is 91.0 Å². The zero-order valence-corrected chi connectivity index (χ0v) is 21.0. The fourth-order valence-corrected chi connectivity index (χ4v) is 4.93. The minimum absolute atomic E-state index is 0.129. The van der Waals surface area contributed by atoms with Crippen molar-refractivity contribution < 1.29 is 26.3 Å². The predicted octanol–water partition coefficient (Wildman–Crippen LogP) is 9.47. The molecule has 0 radical (unpaired) electrons. The molecule has 204 valence electrons. The summed E-state index contributed by atoms with van der Waals surface area (Å²) in [4.78, 5) is 4.82. The summed E-state index contributed by atoms with van der Waals surface area (Å²) in [6.07, 6.45) is -2.33. The Labute approximate surface area is 227 Å². The van der Waals surface area contributed by atoms with Gasteiger partial charge in [-0.15, -0.1) is 0 Å². The number of hydrogen-bond acceptors (Lipinski definition) is 2. The molecule has 1 aliphatic rings. The molecule has 0 aliphatic heterocycles. The van der Waals surface area contributed by atoms with E-state index in [0.29, 0.717) is 23.5 Å². The molecule has 3 atom stereocenters. The van der Waals surface area contributed by atoms with E-state index in [2.05, 4.69) is 5.32 Å². The predicted molar refractivity (Wildman–Crippen MR) is 143 cm³/mol. The third kappa shape index (κ3) is 6.11. The minimum Gasteiger partial charge on any atom is -0.376 e. The number of aromatic nitrogens is 1. The summed E-state index contributed by atoms with van der Waals surface area (Å²) in [5.41, 5.74) is -0.149. The molecule has 0 saturated carbocycles. The number of pyridine rings is 1. The molecule has 1 aliphatic carbocycles. The van der Waals surface area contributed by atoms with Crippen LogP contribution in [0, 0.1) is 5.92 Å². The van der Waals surface area contributed by atoms with Gasteiger partial charge in [0, 0.05) is 23.1 Å². The van der Waals surface area contributed by atoms with Crippen LogP contribution in [0.25, 0.3) is 11.3 Å². The smallest absolute Gasteiger partial charge is 0.376 e. The van der Waals surface area contributed by atoms with E-state index < -0.39 is 29.5 Å². The maximum Gasteiger partial charge on any atom is 0.416 e. The topological polar surface area (TPSA) is 24.9 Å². The van der Waals surface area contributed by atoms with Gasteiger partial charge < -0.3 is 5.32 Å². The zero-order chi connectivity index (χ0) is 28.3. The summed E-state index contributed by atoms with van der Waals surface area (Å²) in [7, 11) is 0. The Hall–Kier alpha value is -4.33. The van der Waals surface area contributed by atoms with E-state index in [9.17, 15) is 26.3 Å². The van der Waals surface area contributed by atoms with Gasteiger partial charge in [-0.05, 0) is 35.9 Å². The van der Waals surface area contributed by atoms with Crippen molar-refractivity contribution in [2.24, 2.45) is 5.92 Å². The van der Waals surface area contributed by atoms with Crippen LogP contribution in [0.5, 0.6) is 0 Å². The number of nitrogens with one attached hydrogen (secondary N) is 1. The SMILES string of the molecule is FC(F)(F)c1cc(NC(c2cccc(-c3ccccc3)n2)C2C=CC=CC2c2ccccc2)cc(C(F)(F)F)c1.